The van der Waals surface area contributed by atoms with Crippen molar-refractivity contribution in [2.45, 2.75) is 0 Å². The fraction of sp³-hybridized carbons (Fsp3) is 0. The van der Waals surface area contributed by atoms with Crippen LogP contribution < -0.4 is 5.32 Å². The summed E-state index contributed by atoms with van der Waals surface area (Å²) in [5, 5.41) is 6.34. The van der Waals surface area contributed by atoms with Crippen molar-refractivity contribution < 1.29 is 9.32 Å². The van der Waals surface area contributed by atoms with Gasteiger partial charge in [-0.05, 0) is 12.1 Å². The number of carbonyl (C=O) groups excluding carboxylic acids is 1. The van der Waals surface area contributed by atoms with Gasteiger partial charge in [0.05, 0.1) is 0 Å². The molecule has 0 aromatic carbocycles. The largest absolute Gasteiger partial charge is 0.363 e. The Hall–Kier alpha value is -1.59. The minimum Gasteiger partial charge on any atom is -0.363 e. The van der Waals surface area contributed by atoms with Gasteiger partial charge in [0.25, 0.3) is 5.91 Å². The number of hydrogen-bond donors (Lipinski definition) is 1. The SMILES string of the molecule is O=C(Nc1ccon1)c1cc(Cl)nc(Cl)c1. The molecule has 0 aliphatic heterocycles. The highest BCUT2D eigenvalue weighted by atomic mass is 35.5. The molecule has 0 bridgehead atoms. The van der Waals surface area contributed by atoms with Gasteiger partial charge in [0.2, 0.25) is 0 Å². The van der Waals surface area contributed by atoms with Gasteiger partial charge in [-0.25, -0.2) is 4.98 Å². The first-order valence-electron chi connectivity index (χ1n) is 4.20. The summed E-state index contributed by atoms with van der Waals surface area (Å²) in [6, 6.07) is 4.33. The van der Waals surface area contributed by atoms with E-state index in [0.717, 1.165) is 0 Å². The molecule has 0 aliphatic carbocycles. The third-order valence-electron chi connectivity index (χ3n) is 1.70. The summed E-state index contributed by atoms with van der Waals surface area (Å²) in [6.45, 7) is 0. The number of pyridine rings is 1. The first-order chi connectivity index (χ1) is 7.65. The summed E-state index contributed by atoms with van der Waals surface area (Å²) in [7, 11) is 0. The third-order valence-corrected chi connectivity index (χ3v) is 2.09. The van der Waals surface area contributed by atoms with Crippen LogP contribution in [-0.2, 0) is 0 Å². The molecule has 0 fully saturated rings. The molecular weight excluding hydrogens is 253 g/mol. The van der Waals surface area contributed by atoms with E-state index in [1.54, 1.807) is 0 Å². The molecule has 82 valence electrons. The Bertz CT molecular complexity index is 493. The lowest BCUT2D eigenvalue weighted by Gasteiger charge is -2.02. The van der Waals surface area contributed by atoms with Crippen LogP contribution in [-0.4, -0.2) is 16.0 Å². The first-order valence-corrected chi connectivity index (χ1v) is 4.95. The van der Waals surface area contributed by atoms with Crippen molar-refractivity contribution in [2.75, 3.05) is 5.32 Å². The number of halogens is 2. The van der Waals surface area contributed by atoms with Crippen molar-refractivity contribution >= 4 is 34.9 Å². The van der Waals surface area contributed by atoms with Crippen LogP contribution in [0.25, 0.3) is 0 Å². The maximum absolute atomic E-state index is 11.7. The van der Waals surface area contributed by atoms with Crippen LogP contribution in [0.1, 0.15) is 10.4 Å². The number of nitrogens with one attached hydrogen (secondary N) is 1. The van der Waals surface area contributed by atoms with Crippen LogP contribution in [0.15, 0.2) is 29.0 Å². The summed E-state index contributed by atoms with van der Waals surface area (Å²) in [6.07, 6.45) is 1.35. The summed E-state index contributed by atoms with van der Waals surface area (Å²) in [5.74, 6) is -0.0749. The molecule has 2 aromatic rings. The molecule has 2 heterocycles. The molecule has 1 N–H and O–H groups in total. The molecule has 0 spiro atoms. The smallest absolute Gasteiger partial charge is 0.257 e. The number of hydrogen-bond acceptors (Lipinski definition) is 4. The highest BCUT2D eigenvalue weighted by Gasteiger charge is 2.10. The average molecular weight is 258 g/mol. The Kier molecular flexibility index (Phi) is 3.07. The van der Waals surface area contributed by atoms with Gasteiger partial charge >= 0.3 is 0 Å². The molecule has 0 radical (unpaired) electrons. The van der Waals surface area contributed by atoms with Gasteiger partial charge in [-0.2, -0.15) is 0 Å². The molecule has 1 amide bonds. The molecule has 0 atom stereocenters. The fourth-order valence-electron chi connectivity index (χ4n) is 1.06. The maximum atomic E-state index is 11.7. The molecule has 0 aliphatic rings. The standard InChI is InChI=1S/C9H5Cl2N3O2/c10-6-3-5(4-7(11)12-6)9(15)13-8-1-2-16-14-8/h1-4H,(H,13,14,15). The molecular formula is C9H5Cl2N3O2. The van der Waals surface area contributed by atoms with Crippen LogP contribution in [0.3, 0.4) is 0 Å². The van der Waals surface area contributed by atoms with E-state index in [1.807, 2.05) is 0 Å². The van der Waals surface area contributed by atoms with Crippen LogP contribution in [0, 0.1) is 0 Å². The Morgan fingerprint density at radius 3 is 2.56 bits per heavy atom. The Morgan fingerprint density at radius 2 is 2.00 bits per heavy atom. The van der Waals surface area contributed by atoms with Gasteiger partial charge < -0.3 is 9.84 Å². The Morgan fingerprint density at radius 1 is 1.31 bits per heavy atom. The van der Waals surface area contributed by atoms with Crippen molar-refractivity contribution in [2.24, 2.45) is 0 Å². The van der Waals surface area contributed by atoms with E-state index in [-0.39, 0.29) is 16.2 Å². The van der Waals surface area contributed by atoms with Crippen molar-refractivity contribution in [3.63, 3.8) is 0 Å². The van der Waals surface area contributed by atoms with Crippen LogP contribution >= 0.6 is 23.2 Å². The lowest BCUT2D eigenvalue weighted by molar-refractivity contribution is 0.102. The molecule has 16 heavy (non-hydrogen) atoms. The fourth-order valence-corrected chi connectivity index (χ4v) is 1.52. The lowest BCUT2D eigenvalue weighted by atomic mass is 10.2. The predicted molar refractivity (Wildman–Crippen MR) is 58.7 cm³/mol. The van der Waals surface area contributed by atoms with Crippen LogP contribution in [0.5, 0.6) is 0 Å². The normalized spacial score (nSPS) is 10.1. The molecule has 5 nitrogen and oxygen atoms in total. The number of amides is 1. The second-order valence-corrected chi connectivity index (χ2v) is 3.61. The van der Waals surface area contributed by atoms with E-state index in [1.165, 1.54) is 24.5 Å². The van der Waals surface area contributed by atoms with Gasteiger partial charge in [-0.3, -0.25) is 4.79 Å². The van der Waals surface area contributed by atoms with Gasteiger partial charge in [-0.15, -0.1) is 0 Å². The summed E-state index contributed by atoms with van der Waals surface area (Å²) < 4.78 is 4.57. The minimum atomic E-state index is -0.389. The molecule has 0 saturated heterocycles. The highest BCUT2D eigenvalue weighted by molar-refractivity contribution is 6.33. The molecule has 7 heteroatoms. The zero-order chi connectivity index (χ0) is 11.5. The second-order valence-electron chi connectivity index (χ2n) is 2.84. The summed E-state index contributed by atoms with van der Waals surface area (Å²) >= 11 is 11.3. The van der Waals surface area contributed by atoms with Crippen LogP contribution in [0.4, 0.5) is 5.82 Å². The zero-order valence-electron chi connectivity index (χ0n) is 7.78. The first kappa shape index (κ1) is 10.9. The van der Waals surface area contributed by atoms with Gasteiger partial charge in [0, 0.05) is 11.6 Å². The van der Waals surface area contributed by atoms with E-state index in [4.69, 9.17) is 23.2 Å². The quantitative estimate of drug-likeness (QED) is 0.840. The topological polar surface area (TPSA) is 68.0 Å². The number of aromatic nitrogens is 2. The molecule has 2 aromatic heterocycles. The van der Waals surface area contributed by atoms with E-state index in [0.29, 0.717) is 11.4 Å². The van der Waals surface area contributed by atoms with Crippen molar-refractivity contribution in [1.82, 2.24) is 10.1 Å². The summed E-state index contributed by atoms with van der Waals surface area (Å²) in [5.41, 5.74) is 0.299. The number of nitrogens with zero attached hydrogens (tertiary/aromatic N) is 2. The van der Waals surface area contributed by atoms with E-state index in [2.05, 4.69) is 20.0 Å². The number of carbonyl (C=O) groups is 1. The Balaban J connectivity index is 2.21. The molecule has 2 rings (SSSR count). The second kappa shape index (κ2) is 4.51. The highest BCUT2D eigenvalue weighted by Crippen LogP contribution is 2.15. The van der Waals surface area contributed by atoms with E-state index < -0.39 is 0 Å². The van der Waals surface area contributed by atoms with Crippen molar-refractivity contribution in [3.8, 4) is 0 Å². The lowest BCUT2D eigenvalue weighted by Crippen LogP contribution is -2.12. The minimum absolute atomic E-state index is 0.151. The Labute approximate surface area is 100 Å². The van der Waals surface area contributed by atoms with E-state index >= 15 is 0 Å². The van der Waals surface area contributed by atoms with E-state index in [9.17, 15) is 4.79 Å². The molecule has 0 saturated carbocycles. The third kappa shape index (κ3) is 2.50. The molecule has 0 unspecified atom stereocenters. The van der Waals surface area contributed by atoms with Gasteiger partial charge in [0.15, 0.2) is 5.82 Å². The number of rotatable bonds is 2. The zero-order valence-corrected chi connectivity index (χ0v) is 9.29. The van der Waals surface area contributed by atoms with Gasteiger partial charge in [-0.1, -0.05) is 28.4 Å². The summed E-state index contributed by atoms with van der Waals surface area (Å²) in [4.78, 5) is 15.4. The maximum Gasteiger partial charge on any atom is 0.257 e. The van der Waals surface area contributed by atoms with Crippen molar-refractivity contribution in [1.29, 1.82) is 0 Å². The van der Waals surface area contributed by atoms with Crippen molar-refractivity contribution in [3.05, 3.63) is 40.3 Å². The monoisotopic (exact) mass is 257 g/mol. The van der Waals surface area contributed by atoms with Crippen LogP contribution in [0.2, 0.25) is 10.3 Å². The number of anilines is 1. The predicted octanol–water partition coefficient (Wildman–Crippen LogP) is 2.63. The average Bonchev–Trinajstić information content (AvgIpc) is 2.68. The van der Waals surface area contributed by atoms with Gasteiger partial charge in [0.1, 0.15) is 16.6 Å².